The maximum absolute atomic E-state index is 5.97. The summed E-state index contributed by atoms with van der Waals surface area (Å²) in [7, 11) is 0. The molecule has 1 aliphatic rings. The van der Waals surface area contributed by atoms with E-state index in [2.05, 4.69) is 5.32 Å². The first-order chi connectivity index (χ1) is 6.16. The number of fused-ring (bicyclic) bond motifs is 1. The topological polar surface area (TPSA) is 21.3 Å². The first-order valence-electron chi connectivity index (χ1n) is 3.91. The summed E-state index contributed by atoms with van der Waals surface area (Å²) in [4.78, 5) is 0. The molecule has 2 nitrogen and oxygen atoms in total. The van der Waals surface area contributed by atoms with Crippen LogP contribution in [0.5, 0.6) is 5.75 Å². The Hall–Kier alpha value is -0.800. The van der Waals surface area contributed by atoms with E-state index in [0.29, 0.717) is 11.7 Å². The Bertz CT molecular complexity index is 378. The summed E-state index contributed by atoms with van der Waals surface area (Å²) in [5, 5.41) is 4.12. The summed E-state index contributed by atoms with van der Waals surface area (Å²) in [6.45, 7) is 2.63. The Balaban J connectivity index is 2.49. The second kappa shape index (κ2) is 3.16. The van der Waals surface area contributed by atoms with E-state index in [0.717, 1.165) is 21.9 Å². The molecule has 4 heteroatoms. The van der Waals surface area contributed by atoms with Crippen molar-refractivity contribution >= 4 is 29.0 Å². The third-order valence-corrected chi connectivity index (χ3v) is 2.60. The van der Waals surface area contributed by atoms with Crippen LogP contribution in [0.3, 0.4) is 0 Å². The van der Waals surface area contributed by atoms with Crippen molar-refractivity contribution in [3.63, 3.8) is 0 Å². The second-order valence-corrected chi connectivity index (χ2v) is 3.73. The largest absolute Gasteiger partial charge is 0.432 e. The maximum atomic E-state index is 5.97. The zero-order chi connectivity index (χ0) is 9.42. The average molecular weight is 214 g/mol. The molecule has 1 aliphatic heterocycles. The number of thiocarbonyl (C=S) groups is 1. The summed E-state index contributed by atoms with van der Waals surface area (Å²) in [5.41, 5.74) is 2.05. The molecule has 0 aliphatic carbocycles. The Morgan fingerprint density at radius 3 is 3.08 bits per heavy atom. The molecule has 0 spiro atoms. The zero-order valence-electron chi connectivity index (χ0n) is 7.06. The molecule has 0 amide bonds. The first-order valence-corrected chi connectivity index (χ1v) is 4.70. The number of ether oxygens (including phenoxy) is 1. The number of rotatable bonds is 0. The molecule has 68 valence electrons. The third kappa shape index (κ3) is 1.62. The summed E-state index contributed by atoms with van der Waals surface area (Å²) in [6.07, 6.45) is 0. The average Bonchev–Trinajstić information content (AvgIpc) is 2.08. The molecule has 0 atom stereocenters. The normalized spacial score (nSPS) is 14.5. The number of halogens is 1. The molecule has 0 fully saturated rings. The van der Waals surface area contributed by atoms with Gasteiger partial charge in [0.05, 0.1) is 0 Å². The van der Waals surface area contributed by atoms with E-state index in [1.807, 2.05) is 19.1 Å². The minimum atomic E-state index is 0.425. The fourth-order valence-electron chi connectivity index (χ4n) is 1.23. The number of benzene rings is 1. The van der Waals surface area contributed by atoms with Crippen LogP contribution in [-0.4, -0.2) is 5.17 Å². The van der Waals surface area contributed by atoms with Crippen LogP contribution >= 0.6 is 23.8 Å². The molecule has 1 heterocycles. The minimum Gasteiger partial charge on any atom is -0.432 e. The van der Waals surface area contributed by atoms with E-state index in [1.54, 1.807) is 0 Å². The van der Waals surface area contributed by atoms with E-state index >= 15 is 0 Å². The third-order valence-electron chi connectivity index (χ3n) is 1.97. The molecule has 0 aromatic heterocycles. The molecular formula is C9H8ClNOS. The number of hydrogen-bond donors (Lipinski definition) is 1. The van der Waals surface area contributed by atoms with Gasteiger partial charge in [-0.25, -0.2) is 0 Å². The van der Waals surface area contributed by atoms with Crippen LogP contribution in [0.2, 0.25) is 5.02 Å². The van der Waals surface area contributed by atoms with E-state index in [1.165, 1.54) is 0 Å². The highest BCUT2D eigenvalue weighted by Crippen LogP contribution is 2.28. The van der Waals surface area contributed by atoms with Gasteiger partial charge in [-0.05, 0) is 36.8 Å². The Morgan fingerprint density at radius 2 is 2.31 bits per heavy atom. The molecule has 1 N–H and O–H groups in total. The minimum absolute atomic E-state index is 0.425. The second-order valence-electron chi connectivity index (χ2n) is 2.95. The quantitative estimate of drug-likeness (QED) is 0.669. The van der Waals surface area contributed by atoms with Gasteiger partial charge in [0, 0.05) is 17.1 Å². The SMILES string of the molecule is Cc1cc2c(cc1Cl)CNC(=S)O2. The van der Waals surface area contributed by atoms with Crippen molar-refractivity contribution in [2.75, 3.05) is 0 Å². The number of nitrogens with one attached hydrogen (secondary N) is 1. The fourth-order valence-corrected chi connectivity index (χ4v) is 1.58. The van der Waals surface area contributed by atoms with Crippen LogP contribution in [-0.2, 0) is 6.54 Å². The van der Waals surface area contributed by atoms with Gasteiger partial charge >= 0.3 is 0 Å². The standard InChI is InChI=1S/C9H8ClNOS/c1-5-2-8-6(3-7(5)10)4-11-9(13)12-8/h2-3H,4H2,1H3,(H,11,13). The summed E-state index contributed by atoms with van der Waals surface area (Å²) >= 11 is 10.9. The van der Waals surface area contributed by atoms with Crippen molar-refractivity contribution in [3.05, 3.63) is 28.3 Å². The lowest BCUT2D eigenvalue weighted by atomic mass is 10.1. The lowest BCUT2D eigenvalue weighted by Gasteiger charge is -2.19. The van der Waals surface area contributed by atoms with Gasteiger partial charge in [-0.3, -0.25) is 0 Å². The van der Waals surface area contributed by atoms with Crippen molar-refractivity contribution in [1.82, 2.24) is 5.32 Å². The van der Waals surface area contributed by atoms with E-state index in [-0.39, 0.29) is 0 Å². The highest BCUT2D eigenvalue weighted by atomic mass is 35.5. The number of hydrogen-bond acceptors (Lipinski definition) is 2. The molecule has 0 bridgehead atoms. The lowest BCUT2D eigenvalue weighted by molar-refractivity contribution is 0.497. The van der Waals surface area contributed by atoms with Gasteiger partial charge in [0.15, 0.2) is 0 Å². The van der Waals surface area contributed by atoms with Gasteiger partial charge in [-0.15, -0.1) is 0 Å². The smallest absolute Gasteiger partial charge is 0.262 e. The van der Waals surface area contributed by atoms with Gasteiger partial charge in [-0.1, -0.05) is 11.6 Å². The van der Waals surface area contributed by atoms with Crippen LogP contribution in [0, 0.1) is 6.92 Å². The molecule has 0 radical (unpaired) electrons. The predicted octanol–water partition coefficient (Wildman–Crippen LogP) is 2.42. The van der Waals surface area contributed by atoms with Gasteiger partial charge < -0.3 is 10.1 Å². The molecule has 0 saturated carbocycles. The Morgan fingerprint density at radius 1 is 1.54 bits per heavy atom. The Labute approximate surface area is 86.8 Å². The van der Waals surface area contributed by atoms with Crippen LogP contribution < -0.4 is 10.1 Å². The molecule has 1 aromatic carbocycles. The maximum Gasteiger partial charge on any atom is 0.262 e. The van der Waals surface area contributed by atoms with Crippen molar-refractivity contribution in [3.8, 4) is 5.75 Å². The molecule has 1 aromatic rings. The van der Waals surface area contributed by atoms with E-state index < -0.39 is 0 Å². The highest BCUT2D eigenvalue weighted by Gasteiger charge is 2.14. The van der Waals surface area contributed by atoms with Crippen molar-refractivity contribution in [2.45, 2.75) is 13.5 Å². The van der Waals surface area contributed by atoms with Gasteiger partial charge in [-0.2, -0.15) is 0 Å². The van der Waals surface area contributed by atoms with Crippen molar-refractivity contribution < 1.29 is 4.74 Å². The van der Waals surface area contributed by atoms with Crippen LogP contribution in [0.1, 0.15) is 11.1 Å². The van der Waals surface area contributed by atoms with Crippen molar-refractivity contribution in [2.24, 2.45) is 0 Å². The number of aryl methyl sites for hydroxylation is 1. The van der Waals surface area contributed by atoms with Crippen LogP contribution in [0.25, 0.3) is 0 Å². The monoisotopic (exact) mass is 213 g/mol. The molecule has 2 rings (SSSR count). The molecule has 13 heavy (non-hydrogen) atoms. The van der Waals surface area contributed by atoms with Crippen LogP contribution in [0.4, 0.5) is 0 Å². The summed E-state index contributed by atoms with van der Waals surface area (Å²) in [6, 6.07) is 3.81. The van der Waals surface area contributed by atoms with E-state index in [4.69, 9.17) is 28.6 Å². The zero-order valence-corrected chi connectivity index (χ0v) is 8.63. The van der Waals surface area contributed by atoms with Crippen molar-refractivity contribution in [1.29, 1.82) is 0 Å². The van der Waals surface area contributed by atoms with Gasteiger partial charge in [0.25, 0.3) is 5.17 Å². The van der Waals surface area contributed by atoms with E-state index in [9.17, 15) is 0 Å². The highest BCUT2D eigenvalue weighted by molar-refractivity contribution is 7.80. The summed E-state index contributed by atoms with van der Waals surface area (Å²) in [5.74, 6) is 0.811. The first kappa shape index (κ1) is 8.78. The molecular weight excluding hydrogens is 206 g/mol. The predicted molar refractivity (Wildman–Crippen MR) is 56.3 cm³/mol. The Kier molecular flexibility index (Phi) is 2.14. The summed E-state index contributed by atoms with van der Waals surface area (Å²) < 4.78 is 5.33. The van der Waals surface area contributed by atoms with Gasteiger partial charge in [0.1, 0.15) is 5.75 Å². The van der Waals surface area contributed by atoms with Gasteiger partial charge in [0.2, 0.25) is 0 Å². The molecule has 0 unspecified atom stereocenters. The van der Waals surface area contributed by atoms with Crippen LogP contribution in [0.15, 0.2) is 12.1 Å². The fraction of sp³-hybridized carbons (Fsp3) is 0.222. The molecule has 0 saturated heterocycles. The lowest BCUT2D eigenvalue weighted by Crippen LogP contribution is -2.30.